The van der Waals surface area contributed by atoms with Crippen molar-refractivity contribution < 1.29 is 18.0 Å². The first kappa shape index (κ1) is 13.4. The minimum atomic E-state index is -4.84. The van der Waals surface area contributed by atoms with Gasteiger partial charge in [0.25, 0.3) is 0 Å². The predicted molar refractivity (Wildman–Crippen MR) is 62.7 cm³/mol. The second-order valence-electron chi connectivity index (χ2n) is 4.21. The largest absolute Gasteiger partial charge is 0.471 e. The standard InChI is InChI=1S/C12H12F3N3O/c1-8-3-5-18-7-9(17-10(18)6-8)2-4-16-11(19)12(13,14)15/h3,5-7H,2,4H2,1H3,(H,16,19). The van der Waals surface area contributed by atoms with E-state index in [2.05, 4.69) is 4.98 Å². The molecule has 0 aromatic carbocycles. The molecule has 1 N–H and O–H groups in total. The number of carbonyl (C=O) groups is 1. The molecule has 0 unspecified atom stereocenters. The molecule has 19 heavy (non-hydrogen) atoms. The Hall–Kier alpha value is -2.05. The molecule has 2 aromatic heterocycles. The molecule has 7 heteroatoms. The molecule has 0 fully saturated rings. The molecule has 102 valence electrons. The molecular formula is C12H12F3N3O. The first-order valence-electron chi connectivity index (χ1n) is 5.65. The molecule has 1 amide bonds. The van der Waals surface area contributed by atoms with Crippen LogP contribution in [0.3, 0.4) is 0 Å². The Morgan fingerprint density at radius 1 is 1.47 bits per heavy atom. The highest BCUT2D eigenvalue weighted by Gasteiger charge is 2.38. The van der Waals surface area contributed by atoms with E-state index in [1.165, 1.54) is 0 Å². The van der Waals surface area contributed by atoms with Crippen molar-refractivity contribution in [2.24, 2.45) is 0 Å². The number of carbonyl (C=O) groups excluding carboxylic acids is 1. The number of nitrogens with one attached hydrogen (secondary N) is 1. The molecule has 0 saturated carbocycles. The fourth-order valence-electron chi connectivity index (χ4n) is 1.66. The number of imidazole rings is 1. The van der Waals surface area contributed by atoms with E-state index in [9.17, 15) is 18.0 Å². The first-order valence-corrected chi connectivity index (χ1v) is 5.65. The molecule has 0 bridgehead atoms. The fourth-order valence-corrected chi connectivity index (χ4v) is 1.66. The van der Waals surface area contributed by atoms with E-state index in [4.69, 9.17) is 0 Å². The van der Waals surface area contributed by atoms with Crippen molar-refractivity contribution in [3.05, 3.63) is 35.8 Å². The molecule has 0 atom stereocenters. The number of nitrogens with zero attached hydrogens (tertiary/aromatic N) is 2. The summed E-state index contributed by atoms with van der Waals surface area (Å²) in [5, 5.41) is 1.81. The van der Waals surface area contributed by atoms with Gasteiger partial charge >= 0.3 is 12.1 Å². The van der Waals surface area contributed by atoms with E-state index in [0.29, 0.717) is 5.69 Å². The normalized spacial score (nSPS) is 11.8. The van der Waals surface area contributed by atoms with Crippen LogP contribution in [0, 0.1) is 6.92 Å². The van der Waals surface area contributed by atoms with Gasteiger partial charge in [0.2, 0.25) is 0 Å². The van der Waals surface area contributed by atoms with Gasteiger partial charge in [-0.3, -0.25) is 4.79 Å². The van der Waals surface area contributed by atoms with Gasteiger partial charge in [-0.1, -0.05) is 0 Å². The molecule has 0 aliphatic rings. The van der Waals surface area contributed by atoms with Crippen molar-refractivity contribution in [1.82, 2.24) is 14.7 Å². The van der Waals surface area contributed by atoms with E-state index < -0.39 is 12.1 Å². The average molecular weight is 271 g/mol. The zero-order valence-corrected chi connectivity index (χ0v) is 10.2. The maximum atomic E-state index is 12.0. The topological polar surface area (TPSA) is 46.4 Å². The Morgan fingerprint density at radius 3 is 2.89 bits per heavy atom. The number of hydrogen-bond acceptors (Lipinski definition) is 2. The number of halogens is 3. The summed E-state index contributed by atoms with van der Waals surface area (Å²) in [5.41, 5.74) is 2.42. The summed E-state index contributed by atoms with van der Waals surface area (Å²) in [6.45, 7) is 1.83. The quantitative estimate of drug-likeness (QED) is 0.926. The van der Waals surface area contributed by atoms with Crippen LogP contribution in [-0.4, -0.2) is 28.0 Å². The Morgan fingerprint density at radius 2 is 2.21 bits per heavy atom. The number of aryl methyl sites for hydroxylation is 1. The van der Waals surface area contributed by atoms with Gasteiger partial charge in [-0.05, 0) is 24.6 Å². The van der Waals surface area contributed by atoms with Gasteiger partial charge in [-0.15, -0.1) is 0 Å². The van der Waals surface area contributed by atoms with Crippen LogP contribution in [0.2, 0.25) is 0 Å². The lowest BCUT2D eigenvalue weighted by molar-refractivity contribution is -0.173. The SMILES string of the molecule is Cc1ccn2cc(CCNC(=O)C(F)(F)F)nc2c1. The van der Waals surface area contributed by atoms with Gasteiger partial charge in [0, 0.05) is 25.4 Å². The van der Waals surface area contributed by atoms with Gasteiger partial charge in [0.15, 0.2) is 0 Å². The van der Waals surface area contributed by atoms with Gasteiger partial charge in [0.1, 0.15) is 5.65 Å². The van der Waals surface area contributed by atoms with Crippen LogP contribution in [0.5, 0.6) is 0 Å². The molecular weight excluding hydrogens is 259 g/mol. The van der Waals surface area contributed by atoms with E-state index in [0.717, 1.165) is 11.2 Å². The molecule has 2 rings (SSSR count). The number of rotatable bonds is 3. The second kappa shape index (κ2) is 4.91. The van der Waals surface area contributed by atoms with Crippen molar-refractivity contribution in [2.45, 2.75) is 19.5 Å². The van der Waals surface area contributed by atoms with Crippen molar-refractivity contribution >= 4 is 11.6 Å². The number of pyridine rings is 1. The zero-order chi connectivity index (χ0) is 14.0. The second-order valence-corrected chi connectivity index (χ2v) is 4.21. The van der Waals surface area contributed by atoms with Crippen LogP contribution < -0.4 is 5.32 Å². The fraction of sp³-hybridized carbons (Fsp3) is 0.333. The highest BCUT2D eigenvalue weighted by atomic mass is 19.4. The first-order chi connectivity index (χ1) is 8.86. The molecule has 0 aliphatic heterocycles. The number of aromatic nitrogens is 2. The van der Waals surface area contributed by atoms with Crippen molar-refractivity contribution in [1.29, 1.82) is 0 Å². The minimum absolute atomic E-state index is 0.0960. The maximum absolute atomic E-state index is 12.0. The third kappa shape index (κ3) is 3.24. The minimum Gasteiger partial charge on any atom is -0.348 e. The molecule has 2 aromatic rings. The summed E-state index contributed by atoms with van der Waals surface area (Å²) < 4.78 is 37.7. The van der Waals surface area contributed by atoms with Crippen molar-refractivity contribution in [3.63, 3.8) is 0 Å². The molecule has 0 spiro atoms. The zero-order valence-electron chi connectivity index (χ0n) is 10.2. The summed E-state index contributed by atoms with van der Waals surface area (Å²) in [4.78, 5) is 14.9. The van der Waals surface area contributed by atoms with Crippen molar-refractivity contribution in [3.8, 4) is 0 Å². The number of hydrogen-bond donors (Lipinski definition) is 1. The van der Waals surface area contributed by atoms with Gasteiger partial charge in [-0.2, -0.15) is 13.2 Å². The lowest BCUT2D eigenvalue weighted by Gasteiger charge is -2.06. The molecule has 2 heterocycles. The Kier molecular flexibility index (Phi) is 3.46. The van der Waals surface area contributed by atoms with Crippen LogP contribution in [0.25, 0.3) is 5.65 Å². The number of alkyl halides is 3. The number of amides is 1. The van der Waals surface area contributed by atoms with Crippen LogP contribution in [0.15, 0.2) is 24.5 Å². The predicted octanol–water partition coefficient (Wildman–Crippen LogP) is 1.86. The smallest absolute Gasteiger partial charge is 0.348 e. The average Bonchev–Trinajstić information content (AvgIpc) is 2.69. The van der Waals surface area contributed by atoms with E-state index in [-0.39, 0.29) is 13.0 Å². The third-order valence-electron chi connectivity index (χ3n) is 2.59. The highest BCUT2D eigenvalue weighted by molar-refractivity contribution is 5.81. The third-order valence-corrected chi connectivity index (χ3v) is 2.59. The summed E-state index contributed by atoms with van der Waals surface area (Å²) in [5.74, 6) is -1.92. The van der Waals surface area contributed by atoms with Crippen LogP contribution >= 0.6 is 0 Å². The summed E-state index contributed by atoms with van der Waals surface area (Å²) in [6, 6.07) is 3.78. The maximum Gasteiger partial charge on any atom is 0.471 e. The van der Waals surface area contributed by atoms with Crippen molar-refractivity contribution in [2.75, 3.05) is 6.54 Å². The van der Waals surface area contributed by atoms with Crippen LogP contribution in [0.4, 0.5) is 13.2 Å². The molecule has 0 saturated heterocycles. The highest BCUT2D eigenvalue weighted by Crippen LogP contribution is 2.14. The van der Waals surface area contributed by atoms with Gasteiger partial charge in [0.05, 0.1) is 5.69 Å². The van der Waals surface area contributed by atoms with E-state index in [1.54, 1.807) is 10.6 Å². The summed E-state index contributed by atoms with van der Waals surface area (Å²) in [6.07, 6.45) is -1.03. The van der Waals surface area contributed by atoms with Crippen LogP contribution in [0.1, 0.15) is 11.3 Å². The Bertz CT molecular complexity index is 604. The Balaban J connectivity index is 1.97. The van der Waals surface area contributed by atoms with Gasteiger partial charge in [-0.25, -0.2) is 4.98 Å². The lowest BCUT2D eigenvalue weighted by atomic mass is 10.3. The lowest BCUT2D eigenvalue weighted by Crippen LogP contribution is -2.37. The monoisotopic (exact) mass is 271 g/mol. The van der Waals surface area contributed by atoms with Gasteiger partial charge < -0.3 is 9.72 Å². The van der Waals surface area contributed by atoms with E-state index >= 15 is 0 Å². The number of fused-ring (bicyclic) bond motifs is 1. The summed E-state index contributed by atoms with van der Waals surface area (Å²) in [7, 11) is 0. The van der Waals surface area contributed by atoms with E-state index in [1.807, 2.05) is 30.6 Å². The molecule has 0 aliphatic carbocycles. The summed E-state index contributed by atoms with van der Waals surface area (Å²) >= 11 is 0. The van der Waals surface area contributed by atoms with Crippen LogP contribution in [-0.2, 0) is 11.2 Å². The molecule has 0 radical (unpaired) electrons. The Labute approximate surface area is 107 Å². The molecule has 4 nitrogen and oxygen atoms in total.